The number of hydrogen-bond acceptors (Lipinski definition) is 1. The van der Waals surface area contributed by atoms with Crippen molar-refractivity contribution < 1.29 is 4.79 Å². The van der Waals surface area contributed by atoms with Crippen LogP contribution < -0.4 is 0 Å². The Morgan fingerprint density at radius 2 is 2.20 bits per heavy atom. The van der Waals surface area contributed by atoms with Gasteiger partial charge in [-0.15, -0.1) is 0 Å². The fraction of sp³-hybridized carbons (Fsp3) is 0.786. The summed E-state index contributed by atoms with van der Waals surface area (Å²) in [5.41, 5.74) is 2.03. The molecule has 1 saturated carbocycles. The summed E-state index contributed by atoms with van der Waals surface area (Å²) in [4.78, 5) is 11.5. The highest BCUT2D eigenvalue weighted by Gasteiger charge is 2.42. The van der Waals surface area contributed by atoms with Crippen LogP contribution in [0, 0.1) is 17.3 Å². The van der Waals surface area contributed by atoms with E-state index in [1.165, 1.54) is 24.8 Å². The molecule has 0 aromatic carbocycles. The first kappa shape index (κ1) is 10.9. The molecule has 84 valence electrons. The van der Waals surface area contributed by atoms with Crippen LogP contribution in [0.15, 0.2) is 11.6 Å². The van der Waals surface area contributed by atoms with Gasteiger partial charge in [-0.25, -0.2) is 0 Å². The Morgan fingerprint density at radius 3 is 2.87 bits per heavy atom. The lowest BCUT2D eigenvalue weighted by Gasteiger charge is -2.47. The van der Waals surface area contributed by atoms with Crippen molar-refractivity contribution in [3.05, 3.63) is 11.6 Å². The number of ketones is 1. The minimum atomic E-state index is 0.338. The second-order valence-corrected chi connectivity index (χ2v) is 5.78. The van der Waals surface area contributed by atoms with Crippen LogP contribution in [0.25, 0.3) is 0 Å². The summed E-state index contributed by atoms with van der Waals surface area (Å²) in [6, 6.07) is 0. The molecule has 0 radical (unpaired) electrons. The number of hydrogen-bond donors (Lipinski definition) is 0. The molecule has 0 saturated heterocycles. The molecular formula is C14H22O. The van der Waals surface area contributed by atoms with E-state index in [0.717, 1.165) is 12.8 Å². The standard InChI is InChI=1S/C14H22O/c1-10-5-4-7-14(3)8-6-12(11(2)15)9-13(10)14/h5,12-13H,4,6-9H2,1-3H3/t12-,13+,14-/m0/s1. The van der Waals surface area contributed by atoms with Gasteiger partial charge in [0.1, 0.15) is 5.78 Å². The van der Waals surface area contributed by atoms with E-state index in [4.69, 9.17) is 0 Å². The van der Waals surface area contributed by atoms with Gasteiger partial charge in [0, 0.05) is 5.92 Å². The first-order valence-corrected chi connectivity index (χ1v) is 6.20. The van der Waals surface area contributed by atoms with Crippen molar-refractivity contribution in [3.63, 3.8) is 0 Å². The topological polar surface area (TPSA) is 17.1 Å². The quantitative estimate of drug-likeness (QED) is 0.597. The smallest absolute Gasteiger partial charge is 0.132 e. The Bertz CT molecular complexity index is 302. The molecule has 2 aliphatic carbocycles. The minimum Gasteiger partial charge on any atom is -0.300 e. The summed E-state index contributed by atoms with van der Waals surface area (Å²) in [7, 11) is 0. The van der Waals surface area contributed by atoms with Gasteiger partial charge in [0.05, 0.1) is 0 Å². The van der Waals surface area contributed by atoms with Gasteiger partial charge in [0.2, 0.25) is 0 Å². The van der Waals surface area contributed by atoms with Gasteiger partial charge in [-0.3, -0.25) is 4.79 Å². The molecule has 0 aromatic rings. The van der Waals surface area contributed by atoms with Crippen LogP contribution in [0.4, 0.5) is 0 Å². The maximum atomic E-state index is 11.5. The van der Waals surface area contributed by atoms with E-state index in [0.29, 0.717) is 23.0 Å². The molecule has 0 N–H and O–H groups in total. The molecule has 2 aliphatic rings. The van der Waals surface area contributed by atoms with Crippen LogP contribution in [-0.4, -0.2) is 5.78 Å². The van der Waals surface area contributed by atoms with Gasteiger partial charge in [0.15, 0.2) is 0 Å². The van der Waals surface area contributed by atoms with Crippen LogP contribution in [0.2, 0.25) is 0 Å². The molecule has 1 fully saturated rings. The Hall–Kier alpha value is -0.590. The highest BCUT2D eigenvalue weighted by Crippen LogP contribution is 2.51. The SMILES string of the molecule is CC(=O)[C@H]1CC[C@]2(C)CCC=C(C)[C@H]2C1. The van der Waals surface area contributed by atoms with Crippen molar-refractivity contribution in [3.8, 4) is 0 Å². The Kier molecular flexibility index (Phi) is 2.74. The lowest BCUT2D eigenvalue weighted by Crippen LogP contribution is -2.38. The number of Topliss-reactive ketones (excluding diaryl/α,β-unsaturated/α-hetero) is 1. The molecule has 0 aromatic heterocycles. The van der Waals surface area contributed by atoms with Crippen LogP contribution in [-0.2, 0) is 4.79 Å². The third kappa shape index (κ3) is 1.89. The molecule has 0 aliphatic heterocycles. The zero-order chi connectivity index (χ0) is 11.1. The molecule has 2 rings (SSSR count). The fourth-order valence-corrected chi connectivity index (χ4v) is 3.54. The Labute approximate surface area is 92.9 Å². The molecular weight excluding hydrogens is 184 g/mol. The summed E-state index contributed by atoms with van der Waals surface area (Å²) in [6.45, 7) is 6.43. The van der Waals surface area contributed by atoms with Crippen molar-refractivity contribution in [2.75, 3.05) is 0 Å². The molecule has 0 spiro atoms. The van der Waals surface area contributed by atoms with Gasteiger partial charge in [0.25, 0.3) is 0 Å². The summed E-state index contributed by atoms with van der Waals surface area (Å²) < 4.78 is 0. The summed E-state index contributed by atoms with van der Waals surface area (Å²) in [6.07, 6.45) is 8.41. The van der Waals surface area contributed by atoms with Crippen molar-refractivity contribution >= 4 is 5.78 Å². The highest BCUT2D eigenvalue weighted by atomic mass is 16.1. The Morgan fingerprint density at radius 1 is 1.47 bits per heavy atom. The average molecular weight is 206 g/mol. The zero-order valence-corrected chi connectivity index (χ0v) is 10.2. The van der Waals surface area contributed by atoms with Crippen LogP contribution in [0.5, 0.6) is 0 Å². The summed E-state index contributed by atoms with van der Waals surface area (Å²) >= 11 is 0. The van der Waals surface area contributed by atoms with Gasteiger partial charge in [-0.2, -0.15) is 0 Å². The minimum absolute atomic E-state index is 0.338. The molecule has 0 amide bonds. The molecule has 0 bridgehead atoms. The molecule has 15 heavy (non-hydrogen) atoms. The van der Waals surface area contributed by atoms with Crippen LogP contribution >= 0.6 is 0 Å². The van der Waals surface area contributed by atoms with E-state index >= 15 is 0 Å². The van der Waals surface area contributed by atoms with Gasteiger partial charge in [-0.1, -0.05) is 18.6 Å². The predicted molar refractivity (Wildman–Crippen MR) is 62.6 cm³/mol. The third-order valence-corrected chi connectivity index (χ3v) is 4.73. The van der Waals surface area contributed by atoms with E-state index in [2.05, 4.69) is 19.9 Å². The summed E-state index contributed by atoms with van der Waals surface area (Å²) in [5, 5.41) is 0. The maximum Gasteiger partial charge on any atom is 0.132 e. The Balaban J connectivity index is 2.19. The zero-order valence-electron chi connectivity index (χ0n) is 10.2. The number of carbonyl (C=O) groups is 1. The monoisotopic (exact) mass is 206 g/mol. The highest BCUT2D eigenvalue weighted by molar-refractivity contribution is 5.78. The van der Waals surface area contributed by atoms with E-state index < -0.39 is 0 Å². The van der Waals surface area contributed by atoms with Crippen LogP contribution in [0.3, 0.4) is 0 Å². The van der Waals surface area contributed by atoms with E-state index in [1.54, 1.807) is 6.92 Å². The van der Waals surface area contributed by atoms with Gasteiger partial charge in [-0.05, 0) is 57.3 Å². The largest absolute Gasteiger partial charge is 0.300 e. The predicted octanol–water partition coefficient (Wildman–Crippen LogP) is 3.74. The second-order valence-electron chi connectivity index (χ2n) is 5.78. The summed E-state index contributed by atoms with van der Waals surface area (Å²) in [5.74, 6) is 1.41. The van der Waals surface area contributed by atoms with Gasteiger partial charge >= 0.3 is 0 Å². The van der Waals surface area contributed by atoms with E-state index in [9.17, 15) is 4.79 Å². The molecule has 1 heteroatoms. The number of carbonyl (C=O) groups excluding carboxylic acids is 1. The second kappa shape index (κ2) is 3.77. The van der Waals surface area contributed by atoms with E-state index in [-0.39, 0.29) is 0 Å². The first-order chi connectivity index (χ1) is 7.03. The number of allylic oxidation sites excluding steroid dienone is 2. The van der Waals surface area contributed by atoms with Crippen molar-refractivity contribution in [2.45, 2.75) is 52.9 Å². The lowest BCUT2D eigenvalue weighted by molar-refractivity contribution is -0.123. The van der Waals surface area contributed by atoms with E-state index in [1.807, 2.05) is 0 Å². The van der Waals surface area contributed by atoms with Crippen molar-refractivity contribution in [1.82, 2.24) is 0 Å². The third-order valence-electron chi connectivity index (χ3n) is 4.73. The maximum absolute atomic E-state index is 11.5. The van der Waals surface area contributed by atoms with Gasteiger partial charge < -0.3 is 0 Å². The molecule has 0 heterocycles. The normalized spacial score (nSPS) is 40.6. The average Bonchev–Trinajstić information content (AvgIpc) is 2.17. The molecule has 1 nitrogen and oxygen atoms in total. The number of rotatable bonds is 1. The van der Waals surface area contributed by atoms with Crippen LogP contribution in [0.1, 0.15) is 52.9 Å². The molecule has 0 unspecified atom stereocenters. The lowest BCUT2D eigenvalue weighted by atomic mass is 9.58. The molecule has 3 atom stereocenters. The number of fused-ring (bicyclic) bond motifs is 1. The van der Waals surface area contributed by atoms with Crippen molar-refractivity contribution in [2.24, 2.45) is 17.3 Å². The first-order valence-electron chi connectivity index (χ1n) is 6.20. The van der Waals surface area contributed by atoms with Crippen molar-refractivity contribution in [1.29, 1.82) is 0 Å². The fourth-order valence-electron chi connectivity index (χ4n) is 3.54.